The molecule has 0 aliphatic rings. The summed E-state index contributed by atoms with van der Waals surface area (Å²) in [6.07, 6.45) is 1.52. The summed E-state index contributed by atoms with van der Waals surface area (Å²) in [6, 6.07) is 11.2. The smallest absolute Gasteiger partial charge is 0.270 e. The Balaban J connectivity index is 1.99. The fourth-order valence-corrected chi connectivity index (χ4v) is 1.82. The van der Waals surface area contributed by atoms with Crippen molar-refractivity contribution in [2.75, 3.05) is 6.61 Å². The zero-order valence-electron chi connectivity index (χ0n) is 11.8. The number of hydrogen-bond donors (Lipinski definition) is 2. The molecule has 0 aliphatic carbocycles. The highest BCUT2D eigenvalue weighted by atomic mass is 16.2. The van der Waals surface area contributed by atoms with Crippen LogP contribution in [0.1, 0.15) is 27.2 Å². The van der Waals surface area contributed by atoms with Gasteiger partial charge in [0.1, 0.15) is 12.3 Å². The quantitative estimate of drug-likeness (QED) is 0.841. The van der Waals surface area contributed by atoms with E-state index in [9.17, 15) is 4.79 Å². The van der Waals surface area contributed by atoms with Crippen LogP contribution in [0, 0.1) is 18.8 Å². The van der Waals surface area contributed by atoms with Crippen molar-refractivity contribution >= 4 is 5.91 Å². The summed E-state index contributed by atoms with van der Waals surface area (Å²) >= 11 is 0. The van der Waals surface area contributed by atoms with Gasteiger partial charge in [-0.1, -0.05) is 36.1 Å². The Hall–Kier alpha value is -2.64. The van der Waals surface area contributed by atoms with Crippen LogP contribution in [0.15, 0.2) is 42.6 Å². The van der Waals surface area contributed by atoms with Gasteiger partial charge in [0.05, 0.1) is 0 Å². The van der Waals surface area contributed by atoms with Gasteiger partial charge in [-0.3, -0.25) is 4.79 Å². The molecule has 4 nitrogen and oxygen atoms in total. The molecule has 1 heterocycles. The number of hydrogen-bond acceptors (Lipinski definition) is 3. The van der Waals surface area contributed by atoms with Gasteiger partial charge in [-0.15, -0.1) is 0 Å². The molecule has 0 atom stereocenters. The fourth-order valence-electron chi connectivity index (χ4n) is 1.82. The van der Waals surface area contributed by atoms with E-state index in [1.165, 1.54) is 6.20 Å². The molecule has 2 aromatic rings. The summed E-state index contributed by atoms with van der Waals surface area (Å²) < 4.78 is 0. The van der Waals surface area contributed by atoms with Gasteiger partial charge in [-0.2, -0.15) is 0 Å². The Morgan fingerprint density at radius 2 is 2.10 bits per heavy atom. The standard InChI is InChI=1S/C17H16N2O2/c1-13-5-2-3-7-15(13)12-19-17(21)16-9-8-14(11-18-16)6-4-10-20/h2-3,5,7-9,11,20H,10,12H2,1H3,(H,19,21). The SMILES string of the molecule is Cc1ccccc1CNC(=O)c1ccc(C#CCO)cn1. The fraction of sp³-hybridized carbons (Fsp3) is 0.176. The van der Waals surface area contributed by atoms with Gasteiger partial charge in [0.25, 0.3) is 5.91 Å². The van der Waals surface area contributed by atoms with Crippen molar-refractivity contribution in [1.29, 1.82) is 0 Å². The molecule has 0 aliphatic heterocycles. The van der Waals surface area contributed by atoms with Crippen LogP contribution in [-0.2, 0) is 6.54 Å². The molecule has 2 rings (SSSR count). The number of aryl methyl sites for hydroxylation is 1. The lowest BCUT2D eigenvalue weighted by atomic mass is 10.1. The number of carbonyl (C=O) groups is 1. The van der Waals surface area contributed by atoms with Gasteiger partial charge >= 0.3 is 0 Å². The first-order valence-corrected chi connectivity index (χ1v) is 6.59. The molecule has 0 saturated heterocycles. The molecule has 2 N–H and O–H groups in total. The van der Waals surface area contributed by atoms with Gasteiger partial charge in [-0.25, -0.2) is 4.98 Å². The van der Waals surface area contributed by atoms with Crippen molar-refractivity contribution in [1.82, 2.24) is 10.3 Å². The third-order valence-corrected chi connectivity index (χ3v) is 3.01. The largest absolute Gasteiger partial charge is 0.384 e. The number of nitrogens with one attached hydrogen (secondary N) is 1. The van der Waals surface area contributed by atoms with E-state index >= 15 is 0 Å². The number of benzene rings is 1. The Bertz CT molecular complexity index is 682. The molecule has 0 saturated carbocycles. The Labute approximate surface area is 123 Å². The first kappa shape index (κ1) is 14.8. The number of aliphatic hydroxyl groups is 1. The Morgan fingerprint density at radius 3 is 2.76 bits per heavy atom. The molecule has 1 aromatic heterocycles. The van der Waals surface area contributed by atoms with Crippen LogP contribution in [0.5, 0.6) is 0 Å². The summed E-state index contributed by atoms with van der Waals surface area (Å²) in [5, 5.41) is 11.5. The summed E-state index contributed by atoms with van der Waals surface area (Å²) in [6.45, 7) is 2.28. The molecule has 0 fully saturated rings. The number of aliphatic hydroxyl groups excluding tert-OH is 1. The molecular weight excluding hydrogens is 264 g/mol. The molecule has 106 valence electrons. The highest BCUT2D eigenvalue weighted by Crippen LogP contribution is 2.06. The average molecular weight is 280 g/mol. The van der Waals surface area contributed by atoms with Crippen LogP contribution >= 0.6 is 0 Å². The van der Waals surface area contributed by atoms with E-state index in [2.05, 4.69) is 22.1 Å². The van der Waals surface area contributed by atoms with E-state index in [-0.39, 0.29) is 12.5 Å². The molecule has 0 bridgehead atoms. The zero-order chi connectivity index (χ0) is 15.1. The minimum absolute atomic E-state index is 0.196. The van der Waals surface area contributed by atoms with Crippen LogP contribution in [0.3, 0.4) is 0 Å². The number of rotatable bonds is 3. The number of carbonyl (C=O) groups excluding carboxylic acids is 1. The monoisotopic (exact) mass is 280 g/mol. The van der Waals surface area contributed by atoms with E-state index in [0.29, 0.717) is 17.8 Å². The second-order valence-electron chi connectivity index (χ2n) is 4.50. The van der Waals surface area contributed by atoms with E-state index in [4.69, 9.17) is 5.11 Å². The minimum Gasteiger partial charge on any atom is -0.384 e. The summed E-state index contributed by atoms with van der Waals surface area (Å²) in [4.78, 5) is 16.1. The topological polar surface area (TPSA) is 62.2 Å². The third-order valence-electron chi connectivity index (χ3n) is 3.01. The number of amides is 1. The zero-order valence-corrected chi connectivity index (χ0v) is 11.8. The lowest BCUT2D eigenvalue weighted by molar-refractivity contribution is 0.0946. The van der Waals surface area contributed by atoms with Crippen molar-refractivity contribution in [3.05, 3.63) is 65.0 Å². The second-order valence-corrected chi connectivity index (χ2v) is 4.50. The molecule has 0 radical (unpaired) electrons. The summed E-state index contributed by atoms with van der Waals surface area (Å²) in [5.41, 5.74) is 3.23. The van der Waals surface area contributed by atoms with Crippen LogP contribution < -0.4 is 5.32 Å². The maximum absolute atomic E-state index is 12.0. The molecule has 0 spiro atoms. The maximum atomic E-state index is 12.0. The lowest BCUT2D eigenvalue weighted by Crippen LogP contribution is -2.24. The van der Waals surface area contributed by atoms with Crippen molar-refractivity contribution in [3.8, 4) is 11.8 Å². The molecule has 1 amide bonds. The van der Waals surface area contributed by atoms with E-state index in [0.717, 1.165) is 11.1 Å². The van der Waals surface area contributed by atoms with Crippen LogP contribution in [0.4, 0.5) is 0 Å². The first-order valence-electron chi connectivity index (χ1n) is 6.59. The molecule has 4 heteroatoms. The van der Waals surface area contributed by atoms with Gasteiger partial charge in [0.15, 0.2) is 0 Å². The van der Waals surface area contributed by atoms with E-state index in [1.54, 1.807) is 12.1 Å². The van der Waals surface area contributed by atoms with E-state index in [1.807, 2.05) is 31.2 Å². The summed E-state index contributed by atoms with van der Waals surface area (Å²) in [5.74, 6) is 5.04. The van der Waals surface area contributed by atoms with Gasteiger partial charge < -0.3 is 10.4 Å². The maximum Gasteiger partial charge on any atom is 0.270 e. The van der Waals surface area contributed by atoms with Crippen LogP contribution in [0.25, 0.3) is 0 Å². The minimum atomic E-state index is -0.222. The number of pyridine rings is 1. The highest BCUT2D eigenvalue weighted by molar-refractivity contribution is 5.92. The molecule has 21 heavy (non-hydrogen) atoms. The molecule has 1 aromatic carbocycles. The predicted octanol–water partition coefficient (Wildman–Crippen LogP) is 1.66. The average Bonchev–Trinajstić information content (AvgIpc) is 2.52. The van der Waals surface area contributed by atoms with Gasteiger partial charge in [0.2, 0.25) is 0 Å². The normalized spacial score (nSPS) is 9.62. The van der Waals surface area contributed by atoms with Crippen molar-refractivity contribution < 1.29 is 9.90 Å². The molecule has 0 unspecified atom stereocenters. The number of aromatic nitrogens is 1. The van der Waals surface area contributed by atoms with Crippen molar-refractivity contribution in [2.45, 2.75) is 13.5 Å². The lowest BCUT2D eigenvalue weighted by Gasteiger charge is -2.07. The van der Waals surface area contributed by atoms with Gasteiger partial charge in [-0.05, 0) is 30.2 Å². The van der Waals surface area contributed by atoms with E-state index < -0.39 is 0 Å². The first-order chi connectivity index (χ1) is 10.2. The van der Waals surface area contributed by atoms with Crippen molar-refractivity contribution in [3.63, 3.8) is 0 Å². The Kier molecular flexibility index (Phi) is 5.08. The third kappa shape index (κ3) is 4.16. The molecular formula is C17H16N2O2. The van der Waals surface area contributed by atoms with Crippen LogP contribution in [0.2, 0.25) is 0 Å². The van der Waals surface area contributed by atoms with Crippen molar-refractivity contribution in [2.24, 2.45) is 0 Å². The Morgan fingerprint density at radius 1 is 1.29 bits per heavy atom. The summed E-state index contributed by atoms with van der Waals surface area (Å²) in [7, 11) is 0. The van der Waals surface area contributed by atoms with Gasteiger partial charge in [0, 0.05) is 18.3 Å². The predicted molar refractivity (Wildman–Crippen MR) is 80.6 cm³/mol. The van der Waals surface area contributed by atoms with Crippen LogP contribution in [-0.4, -0.2) is 22.6 Å². The second kappa shape index (κ2) is 7.22. The highest BCUT2D eigenvalue weighted by Gasteiger charge is 2.07. The number of nitrogens with zero attached hydrogens (tertiary/aromatic N) is 1.